The highest BCUT2D eigenvalue weighted by Crippen LogP contribution is 2.11. The maximum Gasteiger partial charge on any atom is 0.275 e. The molecule has 1 amide bonds. The van der Waals surface area contributed by atoms with E-state index < -0.39 is 0 Å². The summed E-state index contributed by atoms with van der Waals surface area (Å²) in [7, 11) is 1.59. The number of ether oxygens (including phenoxy) is 1. The van der Waals surface area contributed by atoms with Gasteiger partial charge in [-0.25, -0.2) is 4.68 Å². The first-order chi connectivity index (χ1) is 12.6. The van der Waals surface area contributed by atoms with Crippen molar-refractivity contribution in [2.45, 2.75) is 26.4 Å². The molecular weight excluding hydrogens is 338 g/mol. The maximum absolute atomic E-state index is 12.5. The van der Waals surface area contributed by atoms with Crippen molar-refractivity contribution in [2.75, 3.05) is 13.7 Å². The van der Waals surface area contributed by atoms with Crippen LogP contribution in [0.5, 0.6) is 0 Å². The summed E-state index contributed by atoms with van der Waals surface area (Å²) in [5.41, 5.74) is 0.383. The molecule has 9 nitrogen and oxygen atoms in total. The van der Waals surface area contributed by atoms with E-state index in [9.17, 15) is 9.59 Å². The third-order valence-electron chi connectivity index (χ3n) is 3.82. The number of benzene rings is 1. The SMILES string of the molecule is COCCc1noc(CNC(=O)Cn2nc(C)c3ccccc3c2=O)n1. The van der Waals surface area contributed by atoms with Crippen molar-refractivity contribution < 1.29 is 14.1 Å². The van der Waals surface area contributed by atoms with E-state index in [-0.39, 0.29) is 24.6 Å². The van der Waals surface area contributed by atoms with Crippen LogP contribution in [0.3, 0.4) is 0 Å². The van der Waals surface area contributed by atoms with Crippen molar-refractivity contribution in [1.82, 2.24) is 25.2 Å². The highest BCUT2D eigenvalue weighted by molar-refractivity contribution is 5.83. The molecular formula is C17H19N5O4. The lowest BCUT2D eigenvalue weighted by atomic mass is 10.1. The Hall–Kier alpha value is -3.07. The number of fused-ring (bicyclic) bond motifs is 1. The Kier molecular flexibility index (Phi) is 5.37. The van der Waals surface area contributed by atoms with Crippen LogP contribution in [0.2, 0.25) is 0 Å². The van der Waals surface area contributed by atoms with Gasteiger partial charge >= 0.3 is 0 Å². The summed E-state index contributed by atoms with van der Waals surface area (Å²) >= 11 is 0. The molecule has 3 aromatic rings. The quantitative estimate of drug-likeness (QED) is 0.658. The van der Waals surface area contributed by atoms with E-state index in [1.54, 1.807) is 26.2 Å². The first kappa shape index (κ1) is 17.7. The number of nitrogens with one attached hydrogen (secondary N) is 1. The second kappa shape index (κ2) is 7.87. The van der Waals surface area contributed by atoms with Crippen LogP contribution in [0.4, 0.5) is 0 Å². The van der Waals surface area contributed by atoms with Gasteiger partial charge in [0.15, 0.2) is 5.82 Å². The second-order valence-electron chi connectivity index (χ2n) is 5.72. The monoisotopic (exact) mass is 357 g/mol. The van der Waals surface area contributed by atoms with Crippen LogP contribution in [0.15, 0.2) is 33.6 Å². The number of nitrogens with zero attached hydrogens (tertiary/aromatic N) is 4. The number of hydrogen-bond acceptors (Lipinski definition) is 7. The molecule has 26 heavy (non-hydrogen) atoms. The molecule has 0 aliphatic rings. The number of aryl methyl sites for hydroxylation is 1. The van der Waals surface area contributed by atoms with Crippen LogP contribution < -0.4 is 10.9 Å². The van der Waals surface area contributed by atoms with Gasteiger partial charge in [-0.1, -0.05) is 23.4 Å². The minimum absolute atomic E-state index is 0.0835. The summed E-state index contributed by atoms with van der Waals surface area (Å²) in [6, 6.07) is 7.18. The Balaban J connectivity index is 1.65. The van der Waals surface area contributed by atoms with Gasteiger partial charge in [0, 0.05) is 18.9 Å². The van der Waals surface area contributed by atoms with Crippen molar-refractivity contribution in [3.05, 3.63) is 52.0 Å². The lowest BCUT2D eigenvalue weighted by Crippen LogP contribution is -2.34. The topological polar surface area (TPSA) is 112 Å². The van der Waals surface area contributed by atoms with E-state index in [0.717, 1.165) is 10.1 Å². The number of carbonyl (C=O) groups excluding carboxylic acids is 1. The maximum atomic E-state index is 12.5. The predicted octanol–water partition coefficient (Wildman–Crippen LogP) is 0.593. The fourth-order valence-corrected chi connectivity index (χ4v) is 2.53. The minimum Gasteiger partial charge on any atom is -0.384 e. The largest absolute Gasteiger partial charge is 0.384 e. The number of hydrogen-bond donors (Lipinski definition) is 1. The third kappa shape index (κ3) is 3.94. The normalized spacial score (nSPS) is 11.0. The summed E-state index contributed by atoms with van der Waals surface area (Å²) < 4.78 is 11.1. The van der Waals surface area contributed by atoms with Gasteiger partial charge in [-0.2, -0.15) is 10.1 Å². The molecule has 0 unspecified atom stereocenters. The molecule has 0 atom stereocenters. The molecule has 0 aliphatic heterocycles. The van der Waals surface area contributed by atoms with Crippen molar-refractivity contribution >= 4 is 16.7 Å². The van der Waals surface area contributed by atoms with E-state index in [1.807, 2.05) is 12.1 Å². The van der Waals surface area contributed by atoms with Crippen LogP contribution in [-0.2, 0) is 29.0 Å². The fraction of sp³-hybridized carbons (Fsp3) is 0.353. The zero-order valence-electron chi connectivity index (χ0n) is 14.6. The van der Waals surface area contributed by atoms with Crippen molar-refractivity contribution in [1.29, 1.82) is 0 Å². The molecule has 0 aliphatic carbocycles. The standard InChI is InChI=1S/C17H19N5O4/c1-11-12-5-3-4-6-13(12)17(24)22(20-11)10-15(23)18-9-16-19-14(21-26-16)7-8-25-2/h3-6H,7-10H2,1-2H3,(H,18,23). The average molecular weight is 357 g/mol. The van der Waals surface area contributed by atoms with Gasteiger partial charge in [-0.3, -0.25) is 9.59 Å². The smallest absolute Gasteiger partial charge is 0.275 e. The number of amides is 1. The number of rotatable bonds is 7. The molecule has 0 radical (unpaired) electrons. The Morgan fingerprint density at radius 1 is 1.31 bits per heavy atom. The molecule has 1 aromatic carbocycles. The Labute approximate surface area is 149 Å². The van der Waals surface area contributed by atoms with Crippen LogP contribution in [-0.4, -0.2) is 39.5 Å². The van der Waals surface area contributed by atoms with E-state index >= 15 is 0 Å². The summed E-state index contributed by atoms with van der Waals surface area (Å²) in [5.74, 6) is 0.435. The summed E-state index contributed by atoms with van der Waals surface area (Å²) in [5, 5.41) is 12.0. The first-order valence-corrected chi connectivity index (χ1v) is 8.12. The van der Waals surface area contributed by atoms with E-state index in [0.29, 0.717) is 35.8 Å². The highest BCUT2D eigenvalue weighted by atomic mass is 16.5. The summed E-state index contributed by atoms with van der Waals surface area (Å²) in [6.45, 7) is 2.19. The third-order valence-corrected chi connectivity index (χ3v) is 3.82. The zero-order chi connectivity index (χ0) is 18.5. The van der Waals surface area contributed by atoms with Crippen molar-refractivity contribution in [3.8, 4) is 0 Å². The van der Waals surface area contributed by atoms with Gasteiger partial charge in [0.1, 0.15) is 6.54 Å². The van der Waals surface area contributed by atoms with E-state index in [1.165, 1.54) is 0 Å². The molecule has 0 fully saturated rings. The zero-order valence-corrected chi connectivity index (χ0v) is 14.6. The fourth-order valence-electron chi connectivity index (χ4n) is 2.53. The Bertz CT molecular complexity index is 979. The Morgan fingerprint density at radius 2 is 2.08 bits per heavy atom. The molecule has 2 aromatic heterocycles. The lowest BCUT2D eigenvalue weighted by Gasteiger charge is -2.08. The number of methoxy groups -OCH3 is 1. The molecule has 1 N–H and O–H groups in total. The van der Waals surface area contributed by atoms with Gasteiger partial charge in [0.2, 0.25) is 11.8 Å². The molecule has 0 bridgehead atoms. The van der Waals surface area contributed by atoms with Gasteiger partial charge < -0.3 is 14.6 Å². The first-order valence-electron chi connectivity index (χ1n) is 8.12. The van der Waals surface area contributed by atoms with E-state index in [4.69, 9.17) is 9.26 Å². The van der Waals surface area contributed by atoms with Crippen molar-refractivity contribution in [3.63, 3.8) is 0 Å². The number of carbonyl (C=O) groups is 1. The van der Waals surface area contributed by atoms with Crippen LogP contribution in [0.25, 0.3) is 10.8 Å². The van der Waals surface area contributed by atoms with Crippen molar-refractivity contribution in [2.24, 2.45) is 0 Å². The second-order valence-corrected chi connectivity index (χ2v) is 5.72. The molecule has 136 valence electrons. The van der Waals surface area contributed by atoms with Gasteiger partial charge in [0.25, 0.3) is 5.56 Å². The van der Waals surface area contributed by atoms with Crippen LogP contribution >= 0.6 is 0 Å². The Morgan fingerprint density at radius 3 is 2.85 bits per heavy atom. The highest BCUT2D eigenvalue weighted by Gasteiger charge is 2.12. The summed E-state index contributed by atoms with van der Waals surface area (Å²) in [6.07, 6.45) is 0.531. The lowest BCUT2D eigenvalue weighted by molar-refractivity contribution is -0.122. The van der Waals surface area contributed by atoms with E-state index in [2.05, 4.69) is 20.6 Å². The summed E-state index contributed by atoms with van der Waals surface area (Å²) in [4.78, 5) is 28.7. The van der Waals surface area contributed by atoms with Gasteiger partial charge in [-0.15, -0.1) is 0 Å². The molecule has 0 saturated heterocycles. The number of aromatic nitrogens is 4. The van der Waals surface area contributed by atoms with Gasteiger partial charge in [0.05, 0.1) is 24.2 Å². The molecule has 3 rings (SSSR count). The van der Waals surface area contributed by atoms with Gasteiger partial charge in [-0.05, 0) is 13.0 Å². The predicted molar refractivity (Wildman–Crippen MR) is 92.5 cm³/mol. The van der Waals surface area contributed by atoms with Crippen LogP contribution in [0, 0.1) is 6.92 Å². The molecule has 9 heteroatoms. The molecule has 0 spiro atoms. The minimum atomic E-state index is -0.370. The molecule has 2 heterocycles. The molecule has 0 saturated carbocycles. The average Bonchev–Trinajstić information content (AvgIpc) is 3.10. The van der Waals surface area contributed by atoms with Crippen LogP contribution in [0.1, 0.15) is 17.4 Å².